The second-order valence-corrected chi connectivity index (χ2v) is 11.2. The number of methoxy groups -OCH3 is 1. The van der Waals surface area contributed by atoms with Gasteiger partial charge in [-0.2, -0.15) is 0 Å². The van der Waals surface area contributed by atoms with Gasteiger partial charge < -0.3 is 30.7 Å². The molecule has 2 aliphatic rings. The molecule has 1 aliphatic carbocycles. The van der Waals surface area contributed by atoms with Crippen molar-refractivity contribution in [2.24, 2.45) is 17.8 Å². The van der Waals surface area contributed by atoms with Crippen molar-refractivity contribution in [2.45, 2.75) is 84.3 Å². The predicted molar refractivity (Wildman–Crippen MR) is 148 cm³/mol. The fraction of sp³-hybridized carbons (Fsp3) is 0.690. The smallest absolute Gasteiger partial charge is 0.227 e. The van der Waals surface area contributed by atoms with Crippen molar-refractivity contribution in [2.75, 3.05) is 32.1 Å². The van der Waals surface area contributed by atoms with E-state index in [-0.39, 0.29) is 48.2 Å². The monoisotopic (exact) mass is 530 g/mol. The van der Waals surface area contributed by atoms with Crippen molar-refractivity contribution < 1.29 is 24.2 Å². The average molecular weight is 531 g/mol. The van der Waals surface area contributed by atoms with Crippen molar-refractivity contribution in [3.8, 4) is 5.75 Å². The Morgan fingerprint density at radius 3 is 2.53 bits per heavy atom. The number of nitrogens with zero attached hydrogens (tertiary/aromatic N) is 1. The van der Waals surface area contributed by atoms with Crippen LogP contribution in [-0.2, 0) is 20.9 Å². The minimum atomic E-state index is -0.318. The highest BCUT2D eigenvalue weighted by Gasteiger charge is 2.39. The molecule has 0 radical (unpaired) electrons. The van der Waals surface area contributed by atoms with E-state index >= 15 is 0 Å². The first-order chi connectivity index (χ1) is 18.2. The van der Waals surface area contributed by atoms with E-state index in [1.807, 2.05) is 17.0 Å². The van der Waals surface area contributed by atoms with Gasteiger partial charge in [-0.25, -0.2) is 0 Å². The summed E-state index contributed by atoms with van der Waals surface area (Å²) in [5.74, 6) is 0.292. The maximum absolute atomic E-state index is 13.7. The van der Waals surface area contributed by atoms with Gasteiger partial charge in [0.2, 0.25) is 17.7 Å². The number of carbonyl (C=O) groups excluding carboxylic acids is 3. The number of rotatable bonds is 14. The minimum Gasteiger partial charge on any atom is -0.497 e. The molecule has 1 aliphatic heterocycles. The number of nitrogens with one attached hydrogen (secondary N) is 3. The number of aliphatic hydroxyl groups is 1. The number of ether oxygens (including phenoxy) is 1. The molecule has 38 heavy (non-hydrogen) atoms. The summed E-state index contributed by atoms with van der Waals surface area (Å²) < 4.78 is 5.47. The second kappa shape index (κ2) is 14.5. The van der Waals surface area contributed by atoms with Gasteiger partial charge in [0, 0.05) is 43.9 Å². The summed E-state index contributed by atoms with van der Waals surface area (Å²) in [6.07, 6.45) is 5.38. The number of carbonyl (C=O) groups is 3. The molecule has 9 heteroatoms. The van der Waals surface area contributed by atoms with Crippen molar-refractivity contribution in [1.82, 2.24) is 15.5 Å². The van der Waals surface area contributed by atoms with Crippen LogP contribution >= 0.6 is 0 Å². The topological polar surface area (TPSA) is 120 Å². The average Bonchev–Trinajstić information content (AvgIpc) is 3.74. The lowest BCUT2D eigenvalue weighted by molar-refractivity contribution is -0.139. The fourth-order valence-corrected chi connectivity index (χ4v) is 5.10. The van der Waals surface area contributed by atoms with E-state index in [9.17, 15) is 19.5 Å². The molecule has 0 aromatic heterocycles. The SMILES string of the molecule is CCCCC(=O)Nc1cc(CN(C(=O)[C@H]2CNC[C@@H](C(=O)NC(CO)CC(C)C)C2)C2CC2)cc(OC)c1. The summed E-state index contributed by atoms with van der Waals surface area (Å²) in [6.45, 7) is 7.56. The number of hydrogen-bond donors (Lipinski definition) is 4. The molecule has 1 aromatic carbocycles. The second-order valence-electron chi connectivity index (χ2n) is 11.2. The van der Waals surface area contributed by atoms with Crippen LogP contribution < -0.4 is 20.7 Å². The van der Waals surface area contributed by atoms with Crippen LogP contribution in [0.4, 0.5) is 5.69 Å². The maximum Gasteiger partial charge on any atom is 0.227 e. The largest absolute Gasteiger partial charge is 0.497 e. The lowest BCUT2D eigenvalue weighted by Crippen LogP contribution is -2.51. The summed E-state index contributed by atoms with van der Waals surface area (Å²) in [4.78, 5) is 40.9. The molecule has 1 saturated heterocycles. The van der Waals surface area contributed by atoms with Gasteiger partial charge >= 0.3 is 0 Å². The molecule has 9 nitrogen and oxygen atoms in total. The number of hydrogen-bond acceptors (Lipinski definition) is 6. The lowest BCUT2D eigenvalue weighted by Gasteiger charge is -2.33. The van der Waals surface area contributed by atoms with Gasteiger partial charge in [-0.1, -0.05) is 27.2 Å². The van der Waals surface area contributed by atoms with Crippen LogP contribution in [-0.4, -0.2) is 66.6 Å². The van der Waals surface area contributed by atoms with Gasteiger partial charge in [-0.05, 0) is 55.7 Å². The van der Waals surface area contributed by atoms with Crippen LogP contribution in [0, 0.1) is 17.8 Å². The van der Waals surface area contributed by atoms with E-state index in [1.165, 1.54) is 0 Å². The molecule has 1 saturated carbocycles. The van der Waals surface area contributed by atoms with Gasteiger partial charge in [0.25, 0.3) is 0 Å². The van der Waals surface area contributed by atoms with Gasteiger partial charge in [0.05, 0.1) is 31.6 Å². The molecular formula is C29H46N4O5. The maximum atomic E-state index is 13.7. The number of piperidine rings is 1. The molecule has 3 rings (SSSR count). The Morgan fingerprint density at radius 1 is 1.16 bits per heavy atom. The normalized spacial score (nSPS) is 20.1. The first kappa shape index (κ1) is 29.9. The third kappa shape index (κ3) is 8.98. The molecule has 1 unspecified atom stereocenters. The number of amides is 3. The van der Waals surface area contributed by atoms with Crippen LogP contribution in [0.5, 0.6) is 5.75 Å². The molecule has 4 N–H and O–H groups in total. The zero-order chi connectivity index (χ0) is 27.7. The zero-order valence-electron chi connectivity index (χ0n) is 23.4. The standard InChI is InChI=1S/C29H46N4O5/c1-5-6-7-27(35)31-23-11-20(12-26(14-23)38-4)17-33(25-8-9-25)29(37)22-13-21(15-30-16-22)28(36)32-24(18-34)10-19(2)3/h11-12,14,19,21-22,24-25,30,34H,5-10,13,15-18H2,1-4H3,(H,31,35)(H,32,36)/t21-,22+,24?/m0/s1. The summed E-state index contributed by atoms with van der Waals surface area (Å²) in [7, 11) is 1.59. The fourth-order valence-electron chi connectivity index (χ4n) is 5.10. The Bertz CT molecular complexity index is 949. The molecule has 1 heterocycles. The lowest BCUT2D eigenvalue weighted by atomic mass is 9.88. The highest BCUT2D eigenvalue weighted by atomic mass is 16.5. The predicted octanol–water partition coefficient (Wildman–Crippen LogP) is 3.06. The van der Waals surface area contributed by atoms with Crippen LogP contribution in [0.25, 0.3) is 0 Å². The van der Waals surface area contributed by atoms with E-state index in [2.05, 4.69) is 36.7 Å². The summed E-state index contributed by atoms with van der Waals surface area (Å²) >= 11 is 0. The van der Waals surface area contributed by atoms with Gasteiger partial charge in [-0.15, -0.1) is 0 Å². The van der Waals surface area contributed by atoms with Gasteiger partial charge in [0.1, 0.15) is 5.75 Å². The van der Waals surface area contributed by atoms with E-state index in [1.54, 1.807) is 13.2 Å². The number of anilines is 1. The van der Waals surface area contributed by atoms with Gasteiger partial charge in [0.15, 0.2) is 0 Å². The summed E-state index contributed by atoms with van der Waals surface area (Å²) in [6, 6.07) is 5.53. The van der Waals surface area contributed by atoms with Crippen LogP contribution in [0.1, 0.15) is 71.3 Å². The first-order valence-electron chi connectivity index (χ1n) is 14.1. The van der Waals surface area contributed by atoms with Crippen molar-refractivity contribution in [1.29, 1.82) is 0 Å². The molecule has 3 amide bonds. The molecule has 212 valence electrons. The van der Waals surface area contributed by atoms with Gasteiger partial charge in [-0.3, -0.25) is 14.4 Å². The Kier molecular flexibility index (Phi) is 11.4. The number of aliphatic hydroxyl groups excluding tert-OH is 1. The van der Waals surface area contributed by atoms with Crippen LogP contribution in [0.15, 0.2) is 18.2 Å². The molecule has 2 fully saturated rings. The number of unbranched alkanes of at least 4 members (excludes halogenated alkanes) is 1. The quantitative estimate of drug-likeness (QED) is 0.294. The highest BCUT2D eigenvalue weighted by Crippen LogP contribution is 2.33. The Hall–Kier alpha value is -2.65. The van der Waals surface area contributed by atoms with Crippen molar-refractivity contribution in [3.05, 3.63) is 23.8 Å². The molecular weight excluding hydrogens is 484 g/mol. The van der Waals surface area contributed by atoms with E-state index in [0.29, 0.717) is 56.3 Å². The zero-order valence-corrected chi connectivity index (χ0v) is 23.4. The molecule has 1 aromatic rings. The Balaban J connectivity index is 1.67. The summed E-state index contributed by atoms with van der Waals surface area (Å²) in [5.41, 5.74) is 1.56. The summed E-state index contributed by atoms with van der Waals surface area (Å²) in [5, 5.41) is 18.9. The highest BCUT2D eigenvalue weighted by molar-refractivity contribution is 5.91. The Morgan fingerprint density at radius 2 is 1.89 bits per heavy atom. The third-order valence-corrected chi connectivity index (χ3v) is 7.26. The minimum absolute atomic E-state index is 0.0318. The van der Waals surface area contributed by atoms with Crippen LogP contribution in [0.3, 0.4) is 0 Å². The van der Waals surface area contributed by atoms with E-state index < -0.39 is 0 Å². The molecule has 0 spiro atoms. The first-order valence-corrected chi connectivity index (χ1v) is 14.1. The van der Waals surface area contributed by atoms with Crippen molar-refractivity contribution >= 4 is 23.4 Å². The number of benzene rings is 1. The van der Waals surface area contributed by atoms with Crippen LogP contribution in [0.2, 0.25) is 0 Å². The molecule has 3 atom stereocenters. The van der Waals surface area contributed by atoms with Crippen molar-refractivity contribution in [3.63, 3.8) is 0 Å². The van der Waals surface area contributed by atoms with E-state index in [4.69, 9.17) is 4.74 Å². The molecule has 0 bridgehead atoms. The Labute approximate surface area is 227 Å². The third-order valence-electron chi connectivity index (χ3n) is 7.26. The van der Waals surface area contributed by atoms with E-state index in [0.717, 1.165) is 31.2 Å².